The van der Waals surface area contributed by atoms with Crippen LogP contribution < -0.4 is 5.73 Å². The maximum absolute atomic E-state index is 12.3. The molecule has 0 saturated carbocycles. The summed E-state index contributed by atoms with van der Waals surface area (Å²) in [5, 5.41) is 9.83. The molecule has 1 amide bonds. The SMILES string of the molecule is CC1CN(C(=O)c2cccc(N)c2O)CCCO1. The molecule has 1 aliphatic heterocycles. The monoisotopic (exact) mass is 250 g/mol. The Balaban J connectivity index is 2.22. The summed E-state index contributed by atoms with van der Waals surface area (Å²) < 4.78 is 5.49. The molecule has 1 fully saturated rings. The number of aromatic hydroxyl groups is 1. The first-order valence-electron chi connectivity index (χ1n) is 6.08. The fraction of sp³-hybridized carbons (Fsp3) is 0.462. The zero-order valence-corrected chi connectivity index (χ0v) is 10.4. The van der Waals surface area contributed by atoms with Crippen LogP contribution in [0.25, 0.3) is 0 Å². The van der Waals surface area contributed by atoms with Gasteiger partial charge in [0.2, 0.25) is 0 Å². The summed E-state index contributed by atoms with van der Waals surface area (Å²) in [5.74, 6) is -0.336. The summed E-state index contributed by atoms with van der Waals surface area (Å²) in [6.07, 6.45) is 0.818. The minimum absolute atomic E-state index is 0.0136. The normalized spacial score (nSPS) is 20.5. The standard InChI is InChI=1S/C13H18N2O3/c1-9-8-15(6-3-7-18-9)13(17)10-4-2-5-11(14)12(10)16/h2,4-5,9,16H,3,6-8,14H2,1H3. The highest BCUT2D eigenvalue weighted by Gasteiger charge is 2.23. The highest BCUT2D eigenvalue weighted by Crippen LogP contribution is 2.26. The van der Waals surface area contributed by atoms with Crippen molar-refractivity contribution in [1.29, 1.82) is 0 Å². The third kappa shape index (κ3) is 2.56. The maximum atomic E-state index is 12.3. The van der Waals surface area contributed by atoms with Crippen molar-refractivity contribution in [3.8, 4) is 5.75 Å². The first kappa shape index (κ1) is 12.7. The van der Waals surface area contributed by atoms with Gasteiger partial charge in [0.1, 0.15) is 0 Å². The molecule has 0 spiro atoms. The third-order valence-electron chi connectivity index (χ3n) is 3.04. The van der Waals surface area contributed by atoms with Crippen LogP contribution in [0.3, 0.4) is 0 Å². The van der Waals surface area contributed by atoms with Gasteiger partial charge in [-0.3, -0.25) is 4.79 Å². The Morgan fingerprint density at radius 2 is 2.33 bits per heavy atom. The number of hydrogen-bond acceptors (Lipinski definition) is 4. The zero-order chi connectivity index (χ0) is 13.1. The molecule has 98 valence electrons. The smallest absolute Gasteiger partial charge is 0.257 e. The molecule has 0 bridgehead atoms. The molecule has 1 unspecified atom stereocenters. The van der Waals surface area contributed by atoms with Crippen LogP contribution in [0.15, 0.2) is 18.2 Å². The first-order valence-corrected chi connectivity index (χ1v) is 6.08. The van der Waals surface area contributed by atoms with Crippen molar-refractivity contribution < 1.29 is 14.6 Å². The fourth-order valence-electron chi connectivity index (χ4n) is 2.08. The molecule has 3 N–H and O–H groups in total. The van der Waals surface area contributed by atoms with Crippen molar-refractivity contribution in [2.45, 2.75) is 19.4 Å². The number of amides is 1. The number of carbonyl (C=O) groups is 1. The molecule has 0 aliphatic carbocycles. The molecule has 1 saturated heterocycles. The van der Waals surface area contributed by atoms with Gasteiger partial charge in [-0.25, -0.2) is 0 Å². The van der Waals surface area contributed by atoms with Gasteiger partial charge in [0, 0.05) is 19.7 Å². The lowest BCUT2D eigenvalue weighted by molar-refractivity contribution is 0.0561. The van der Waals surface area contributed by atoms with Gasteiger partial charge < -0.3 is 20.5 Å². The lowest BCUT2D eigenvalue weighted by Crippen LogP contribution is -2.36. The van der Waals surface area contributed by atoms with E-state index in [0.29, 0.717) is 19.7 Å². The Kier molecular flexibility index (Phi) is 3.72. The molecular weight excluding hydrogens is 232 g/mol. The maximum Gasteiger partial charge on any atom is 0.257 e. The quantitative estimate of drug-likeness (QED) is 0.580. The predicted molar refractivity (Wildman–Crippen MR) is 68.5 cm³/mol. The fourth-order valence-corrected chi connectivity index (χ4v) is 2.08. The van der Waals surface area contributed by atoms with Gasteiger partial charge >= 0.3 is 0 Å². The summed E-state index contributed by atoms with van der Waals surface area (Å²) in [5.41, 5.74) is 6.08. The Bertz CT molecular complexity index is 448. The largest absolute Gasteiger partial charge is 0.505 e. The van der Waals surface area contributed by atoms with E-state index in [2.05, 4.69) is 0 Å². The number of carbonyl (C=O) groups excluding carboxylic acids is 1. The molecular formula is C13H18N2O3. The van der Waals surface area contributed by atoms with Crippen LogP contribution in [-0.2, 0) is 4.74 Å². The first-order chi connectivity index (χ1) is 8.59. The number of phenols is 1. The van der Waals surface area contributed by atoms with Gasteiger partial charge in [0.15, 0.2) is 5.75 Å². The zero-order valence-electron chi connectivity index (χ0n) is 10.4. The van der Waals surface area contributed by atoms with Crippen molar-refractivity contribution in [2.75, 3.05) is 25.4 Å². The number of ether oxygens (including phenoxy) is 1. The van der Waals surface area contributed by atoms with Crippen molar-refractivity contribution >= 4 is 11.6 Å². The van der Waals surface area contributed by atoms with E-state index < -0.39 is 0 Å². The predicted octanol–water partition coefficient (Wildman–Crippen LogP) is 1.23. The molecule has 2 rings (SSSR count). The number of benzene rings is 1. The van der Waals surface area contributed by atoms with E-state index in [1.54, 1.807) is 23.1 Å². The number of para-hydroxylation sites is 1. The molecule has 1 aromatic carbocycles. The molecule has 1 heterocycles. The summed E-state index contributed by atoms with van der Waals surface area (Å²) in [6, 6.07) is 4.82. The summed E-state index contributed by atoms with van der Waals surface area (Å²) in [4.78, 5) is 14.0. The molecule has 1 aliphatic rings. The lowest BCUT2D eigenvalue weighted by atomic mass is 10.1. The number of nitrogens with zero attached hydrogens (tertiary/aromatic N) is 1. The van der Waals surface area contributed by atoms with Crippen LogP contribution in [0.4, 0.5) is 5.69 Å². The van der Waals surface area contributed by atoms with Crippen molar-refractivity contribution in [3.05, 3.63) is 23.8 Å². The Morgan fingerprint density at radius 1 is 1.56 bits per heavy atom. The van der Waals surface area contributed by atoms with E-state index in [-0.39, 0.29) is 29.0 Å². The number of nitrogens with two attached hydrogens (primary N) is 1. The number of phenolic OH excluding ortho intramolecular Hbond substituents is 1. The van der Waals surface area contributed by atoms with Gasteiger partial charge in [-0.15, -0.1) is 0 Å². The van der Waals surface area contributed by atoms with Crippen LogP contribution in [0.5, 0.6) is 5.75 Å². The molecule has 1 aromatic rings. The minimum atomic E-state index is -0.197. The third-order valence-corrected chi connectivity index (χ3v) is 3.04. The molecule has 0 aromatic heterocycles. The minimum Gasteiger partial charge on any atom is -0.505 e. The van der Waals surface area contributed by atoms with E-state index >= 15 is 0 Å². The summed E-state index contributed by atoms with van der Waals surface area (Å²) in [7, 11) is 0. The van der Waals surface area contributed by atoms with Crippen molar-refractivity contribution in [3.63, 3.8) is 0 Å². The van der Waals surface area contributed by atoms with Crippen LogP contribution >= 0.6 is 0 Å². The lowest BCUT2D eigenvalue weighted by Gasteiger charge is -2.22. The van der Waals surface area contributed by atoms with Crippen LogP contribution in [-0.4, -0.2) is 41.7 Å². The Hall–Kier alpha value is -1.75. The average Bonchev–Trinajstić information content (AvgIpc) is 2.56. The topological polar surface area (TPSA) is 75.8 Å². The second kappa shape index (κ2) is 5.27. The van der Waals surface area contributed by atoms with E-state index in [4.69, 9.17) is 10.5 Å². The number of rotatable bonds is 1. The highest BCUT2D eigenvalue weighted by molar-refractivity contribution is 5.98. The number of anilines is 1. The van der Waals surface area contributed by atoms with Crippen LogP contribution in [0.1, 0.15) is 23.7 Å². The van der Waals surface area contributed by atoms with Gasteiger partial charge in [-0.1, -0.05) is 6.07 Å². The van der Waals surface area contributed by atoms with Gasteiger partial charge in [0.05, 0.1) is 17.4 Å². The summed E-state index contributed by atoms with van der Waals surface area (Å²) >= 11 is 0. The second-order valence-electron chi connectivity index (χ2n) is 4.53. The Morgan fingerprint density at radius 3 is 3.11 bits per heavy atom. The molecule has 5 heteroatoms. The number of nitrogen functional groups attached to an aromatic ring is 1. The second-order valence-corrected chi connectivity index (χ2v) is 4.53. The Labute approximate surface area is 106 Å². The van der Waals surface area contributed by atoms with E-state index in [0.717, 1.165) is 6.42 Å². The molecule has 1 atom stereocenters. The molecule has 0 radical (unpaired) electrons. The molecule has 5 nitrogen and oxygen atoms in total. The van der Waals surface area contributed by atoms with E-state index in [9.17, 15) is 9.90 Å². The van der Waals surface area contributed by atoms with Crippen LogP contribution in [0.2, 0.25) is 0 Å². The summed E-state index contributed by atoms with van der Waals surface area (Å²) in [6.45, 7) is 3.77. The van der Waals surface area contributed by atoms with Gasteiger partial charge in [-0.2, -0.15) is 0 Å². The van der Waals surface area contributed by atoms with Gasteiger partial charge in [0.25, 0.3) is 5.91 Å². The van der Waals surface area contributed by atoms with Crippen LogP contribution in [0, 0.1) is 0 Å². The van der Waals surface area contributed by atoms with E-state index in [1.807, 2.05) is 6.92 Å². The van der Waals surface area contributed by atoms with Gasteiger partial charge in [-0.05, 0) is 25.5 Å². The number of hydrogen-bond donors (Lipinski definition) is 2. The van der Waals surface area contributed by atoms with Crippen molar-refractivity contribution in [1.82, 2.24) is 4.90 Å². The molecule has 18 heavy (non-hydrogen) atoms. The van der Waals surface area contributed by atoms with Crippen molar-refractivity contribution in [2.24, 2.45) is 0 Å². The highest BCUT2D eigenvalue weighted by atomic mass is 16.5. The average molecular weight is 250 g/mol. The van der Waals surface area contributed by atoms with E-state index in [1.165, 1.54) is 0 Å².